The van der Waals surface area contributed by atoms with Crippen LogP contribution in [-0.4, -0.2) is 11.5 Å². The molecule has 1 heterocycles. The van der Waals surface area contributed by atoms with Gasteiger partial charge in [0, 0.05) is 5.70 Å². The summed E-state index contributed by atoms with van der Waals surface area (Å²) in [5.41, 5.74) is 6.37. The minimum absolute atomic E-state index is 0.279. The number of hydrogen-bond acceptors (Lipinski definition) is 3. The van der Waals surface area contributed by atoms with Gasteiger partial charge in [0.05, 0.1) is 0 Å². The Morgan fingerprint density at radius 1 is 1.89 bits per heavy atom. The molecule has 1 aliphatic heterocycles. The van der Waals surface area contributed by atoms with Crippen LogP contribution in [0.4, 0.5) is 0 Å². The van der Waals surface area contributed by atoms with Gasteiger partial charge in [0.15, 0.2) is 5.29 Å². The van der Waals surface area contributed by atoms with Gasteiger partial charge in [-0.2, -0.15) is 0 Å². The van der Waals surface area contributed by atoms with Crippen molar-refractivity contribution in [2.75, 3.05) is 0 Å². The van der Waals surface area contributed by atoms with Crippen molar-refractivity contribution < 1.29 is 0 Å². The first kappa shape index (κ1) is 6.58. The number of aliphatic imine (C=N–C) groups is 1. The van der Waals surface area contributed by atoms with Gasteiger partial charge in [-0.1, -0.05) is 0 Å². The number of nitrogens with one attached hydrogen (secondary N) is 1. The van der Waals surface area contributed by atoms with Gasteiger partial charge in [0.2, 0.25) is 0 Å². The molecule has 9 heavy (non-hydrogen) atoms. The van der Waals surface area contributed by atoms with Crippen LogP contribution in [0, 0.1) is 0 Å². The number of allylic oxidation sites excluding steroid dienone is 1. The van der Waals surface area contributed by atoms with E-state index in [9.17, 15) is 0 Å². The summed E-state index contributed by atoms with van der Waals surface area (Å²) in [5.74, 6) is 0. The zero-order valence-electron chi connectivity index (χ0n) is 5.06. The van der Waals surface area contributed by atoms with Crippen LogP contribution >= 0.6 is 11.6 Å². The van der Waals surface area contributed by atoms with Gasteiger partial charge in [-0.3, -0.25) is 0 Å². The molecule has 0 aromatic rings. The summed E-state index contributed by atoms with van der Waals surface area (Å²) in [6, 6.07) is 0. The highest BCUT2D eigenvalue weighted by Gasteiger charge is 2.04. The minimum atomic E-state index is -0.279. The maximum Gasteiger partial charge on any atom is 0.197 e. The van der Waals surface area contributed by atoms with Gasteiger partial charge < -0.3 is 11.1 Å². The molecule has 3 N–H and O–H groups in total. The normalized spacial score (nSPS) is 26.3. The second-order valence-corrected chi connectivity index (χ2v) is 2.24. The molecule has 0 aliphatic carbocycles. The van der Waals surface area contributed by atoms with Crippen LogP contribution in [0.1, 0.15) is 6.92 Å². The van der Waals surface area contributed by atoms with Crippen molar-refractivity contribution in [3.63, 3.8) is 0 Å². The lowest BCUT2D eigenvalue weighted by Crippen LogP contribution is -2.28. The quantitative estimate of drug-likeness (QED) is 0.484. The summed E-state index contributed by atoms with van der Waals surface area (Å²) < 4.78 is 0. The molecule has 4 heteroatoms. The molecule has 0 saturated heterocycles. The molecular weight excluding hydrogens is 138 g/mol. The molecule has 0 radical (unpaired) electrons. The van der Waals surface area contributed by atoms with Crippen LogP contribution in [0.15, 0.2) is 16.8 Å². The van der Waals surface area contributed by atoms with Crippen LogP contribution < -0.4 is 11.1 Å². The fourth-order valence-electron chi connectivity index (χ4n) is 0.661. The van der Waals surface area contributed by atoms with E-state index in [-0.39, 0.29) is 6.17 Å². The summed E-state index contributed by atoms with van der Waals surface area (Å²) in [6.07, 6.45) is 1.52. The first-order valence-corrected chi connectivity index (χ1v) is 3.00. The molecule has 1 unspecified atom stereocenters. The molecular formula is C5H8ClN3. The van der Waals surface area contributed by atoms with Gasteiger partial charge in [-0.15, -0.1) is 0 Å². The third-order valence-electron chi connectivity index (χ3n) is 0.983. The first-order valence-electron chi connectivity index (χ1n) is 2.63. The topological polar surface area (TPSA) is 50.4 Å². The van der Waals surface area contributed by atoms with Crippen LogP contribution in [0.5, 0.6) is 0 Å². The fraction of sp³-hybridized carbons (Fsp3) is 0.400. The SMILES string of the molecule is CC1=CC(N)N=C(Cl)N1. The molecule has 0 spiro atoms. The van der Waals surface area contributed by atoms with E-state index in [0.29, 0.717) is 5.29 Å². The average Bonchev–Trinajstić information content (AvgIpc) is 1.59. The van der Waals surface area contributed by atoms with Crippen molar-refractivity contribution in [1.29, 1.82) is 0 Å². The number of amidine groups is 1. The third kappa shape index (κ3) is 1.69. The summed E-state index contributed by atoms with van der Waals surface area (Å²) in [4.78, 5) is 3.81. The molecule has 0 saturated carbocycles. The Labute approximate surface area is 58.6 Å². The Morgan fingerprint density at radius 3 is 3.00 bits per heavy atom. The number of rotatable bonds is 0. The van der Waals surface area contributed by atoms with E-state index >= 15 is 0 Å². The summed E-state index contributed by atoms with van der Waals surface area (Å²) >= 11 is 5.52. The van der Waals surface area contributed by atoms with E-state index in [1.165, 1.54) is 0 Å². The van der Waals surface area contributed by atoms with E-state index in [4.69, 9.17) is 17.3 Å². The van der Waals surface area contributed by atoms with Crippen molar-refractivity contribution in [3.8, 4) is 0 Å². The predicted molar refractivity (Wildman–Crippen MR) is 38.2 cm³/mol. The average molecular weight is 146 g/mol. The lowest BCUT2D eigenvalue weighted by molar-refractivity contribution is 0.828. The number of nitrogens with two attached hydrogens (primary N) is 1. The smallest absolute Gasteiger partial charge is 0.197 e. The molecule has 0 bridgehead atoms. The maximum absolute atomic E-state index is 5.52. The van der Waals surface area contributed by atoms with E-state index in [1.807, 2.05) is 6.92 Å². The second kappa shape index (κ2) is 2.37. The van der Waals surface area contributed by atoms with E-state index in [0.717, 1.165) is 5.70 Å². The minimum Gasteiger partial charge on any atom is -0.335 e. The number of nitrogens with zero attached hydrogens (tertiary/aromatic N) is 1. The van der Waals surface area contributed by atoms with E-state index in [2.05, 4.69) is 10.3 Å². The third-order valence-corrected chi connectivity index (χ3v) is 1.18. The van der Waals surface area contributed by atoms with E-state index in [1.54, 1.807) is 6.08 Å². The first-order chi connectivity index (χ1) is 4.18. The predicted octanol–water partition coefficient (Wildman–Crippen LogP) is 0.373. The Balaban J connectivity index is 2.69. The molecule has 0 aromatic carbocycles. The lowest BCUT2D eigenvalue weighted by atomic mass is 10.3. The van der Waals surface area contributed by atoms with Crippen LogP contribution in [0.2, 0.25) is 0 Å². The fourth-order valence-corrected chi connectivity index (χ4v) is 0.923. The van der Waals surface area contributed by atoms with Gasteiger partial charge >= 0.3 is 0 Å². The van der Waals surface area contributed by atoms with Crippen molar-refractivity contribution >= 4 is 16.9 Å². The second-order valence-electron chi connectivity index (χ2n) is 1.89. The summed E-state index contributed by atoms with van der Waals surface area (Å²) in [6.45, 7) is 1.89. The van der Waals surface area contributed by atoms with Crippen molar-refractivity contribution in [2.24, 2.45) is 10.7 Å². The maximum atomic E-state index is 5.52. The Morgan fingerprint density at radius 2 is 2.56 bits per heavy atom. The van der Waals surface area contributed by atoms with Crippen LogP contribution in [0.25, 0.3) is 0 Å². The Hall–Kier alpha value is -0.540. The summed E-state index contributed by atoms with van der Waals surface area (Å²) in [5, 5.41) is 3.17. The largest absolute Gasteiger partial charge is 0.335 e. The zero-order chi connectivity index (χ0) is 6.85. The van der Waals surface area contributed by atoms with Crippen molar-refractivity contribution in [3.05, 3.63) is 11.8 Å². The number of hydrogen-bond donors (Lipinski definition) is 2. The van der Waals surface area contributed by atoms with E-state index < -0.39 is 0 Å². The lowest BCUT2D eigenvalue weighted by Gasteiger charge is -2.12. The van der Waals surface area contributed by atoms with Gasteiger partial charge in [-0.05, 0) is 24.6 Å². The van der Waals surface area contributed by atoms with Gasteiger partial charge in [0.25, 0.3) is 0 Å². The van der Waals surface area contributed by atoms with Gasteiger partial charge in [0.1, 0.15) is 6.17 Å². The highest BCUT2D eigenvalue weighted by molar-refractivity contribution is 6.65. The Kier molecular flexibility index (Phi) is 1.73. The highest BCUT2D eigenvalue weighted by Crippen LogP contribution is 2.00. The molecule has 50 valence electrons. The Bertz CT molecular complexity index is 155. The summed E-state index contributed by atoms with van der Waals surface area (Å²) in [7, 11) is 0. The van der Waals surface area contributed by atoms with Crippen LogP contribution in [0.3, 0.4) is 0 Å². The molecule has 3 nitrogen and oxygen atoms in total. The molecule has 0 fully saturated rings. The van der Waals surface area contributed by atoms with Crippen molar-refractivity contribution in [1.82, 2.24) is 5.32 Å². The molecule has 1 rings (SSSR count). The van der Waals surface area contributed by atoms with Gasteiger partial charge in [-0.25, -0.2) is 4.99 Å². The molecule has 0 amide bonds. The number of halogens is 1. The molecule has 1 atom stereocenters. The van der Waals surface area contributed by atoms with Crippen LogP contribution in [-0.2, 0) is 0 Å². The van der Waals surface area contributed by atoms with Crippen molar-refractivity contribution in [2.45, 2.75) is 13.1 Å². The highest BCUT2D eigenvalue weighted by atomic mass is 35.5. The standard InChI is InChI=1S/C5H8ClN3/c1-3-2-4(7)9-5(6)8-3/h2,4H,7H2,1H3,(H,8,9). The molecule has 1 aliphatic rings. The monoisotopic (exact) mass is 145 g/mol. The molecule has 0 aromatic heterocycles. The zero-order valence-corrected chi connectivity index (χ0v) is 5.81.